The van der Waals surface area contributed by atoms with Crippen LogP contribution in [0.1, 0.15) is 22.8 Å². The van der Waals surface area contributed by atoms with Gasteiger partial charge in [0.15, 0.2) is 0 Å². The molecule has 0 bridgehead atoms. The van der Waals surface area contributed by atoms with Crippen LogP contribution in [0, 0.1) is 0 Å². The van der Waals surface area contributed by atoms with Crippen molar-refractivity contribution < 1.29 is 14.3 Å². The number of hydrogen-bond donors (Lipinski definition) is 0. The number of ether oxygens (including phenoxy) is 2. The van der Waals surface area contributed by atoms with Crippen molar-refractivity contribution in [1.29, 1.82) is 0 Å². The summed E-state index contributed by atoms with van der Waals surface area (Å²) in [6, 6.07) is 14.4. The Bertz CT molecular complexity index is 541. The summed E-state index contributed by atoms with van der Waals surface area (Å²) in [5, 5.41) is 0. The average Bonchev–Trinajstić information content (AvgIpc) is 2.48. The molecule has 0 spiro atoms. The SMILES string of the molecule is CCc1ccc(C(=O)Oc2ccc(OC)cc2)cc1. The first kappa shape index (κ1) is 13.1. The molecule has 3 heteroatoms. The maximum Gasteiger partial charge on any atom is 0.343 e. The molecule has 2 rings (SSSR count). The monoisotopic (exact) mass is 256 g/mol. The molecule has 3 nitrogen and oxygen atoms in total. The molecule has 0 atom stereocenters. The molecule has 0 heterocycles. The number of methoxy groups -OCH3 is 1. The lowest BCUT2D eigenvalue weighted by atomic mass is 10.1. The van der Waals surface area contributed by atoms with Crippen molar-refractivity contribution in [1.82, 2.24) is 0 Å². The molecule has 0 aromatic heterocycles. The Labute approximate surface area is 112 Å². The van der Waals surface area contributed by atoms with E-state index in [4.69, 9.17) is 9.47 Å². The standard InChI is InChI=1S/C16H16O3/c1-3-12-4-6-13(7-5-12)16(17)19-15-10-8-14(18-2)9-11-15/h4-11H,3H2,1-2H3. The molecule has 0 N–H and O–H groups in total. The van der Waals surface area contributed by atoms with E-state index in [1.807, 2.05) is 12.1 Å². The predicted octanol–water partition coefficient (Wildman–Crippen LogP) is 3.48. The van der Waals surface area contributed by atoms with E-state index in [9.17, 15) is 4.79 Å². The maximum atomic E-state index is 11.9. The van der Waals surface area contributed by atoms with Crippen LogP contribution in [0.15, 0.2) is 48.5 Å². The van der Waals surface area contributed by atoms with E-state index in [1.54, 1.807) is 43.5 Å². The van der Waals surface area contributed by atoms with Crippen molar-refractivity contribution in [3.63, 3.8) is 0 Å². The zero-order valence-corrected chi connectivity index (χ0v) is 11.1. The highest BCUT2D eigenvalue weighted by atomic mass is 16.5. The molecule has 0 fully saturated rings. The molecular weight excluding hydrogens is 240 g/mol. The second-order valence-electron chi connectivity index (χ2n) is 4.12. The highest BCUT2D eigenvalue weighted by Gasteiger charge is 2.08. The lowest BCUT2D eigenvalue weighted by Gasteiger charge is -2.06. The van der Waals surface area contributed by atoms with Gasteiger partial charge < -0.3 is 9.47 Å². The van der Waals surface area contributed by atoms with Crippen LogP contribution in [0.4, 0.5) is 0 Å². The Morgan fingerprint density at radius 3 is 2.05 bits per heavy atom. The number of aryl methyl sites for hydroxylation is 1. The average molecular weight is 256 g/mol. The summed E-state index contributed by atoms with van der Waals surface area (Å²) in [4.78, 5) is 11.9. The predicted molar refractivity (Wildman–Crippen MR) is 73.8 cm³/mol. The number of carbonyl (C=O) groups is 1. The smallest absolute Gasteiger partial charge is 0.343 e. The van der Waals surface area contributed by atoms with Gasteiger partial charge in [0.25, 0.3) is 0 Å². The molecule has 0 saturated heterocycles. The molecule has 2 aromatic rings. The fraction of sp³-hybridized carbons (Fsp3) is 0.188. The fourth-order valence-corrected chi connectivity index (χ4v) is 1.69. The summed E-state index contributed by atoms with van der Waals surface area (Å²) in [6.45, 7) is 2.07. The Balaban J connectivity index is 2.06. The van der Waals surface area contributed by atoms with Crippen LogP contribution in [0.25, 0.3) is 0 Å². The van der Waals surface area contributed by atoms with Gasteiger partial charge in [0.2, 0.25) is 0 Å². The van der Waals surface area contributed by atoms with Crippen LogP contribution in [0.3, 0.4) is 0 Å². The van der Waals surface area contributed by atoms with Gasteiger partial charge in [0.05, 0.1) is 12.7 Å². The minimum atomic E-state index is -0.354. The lowest BCUT2D eigenvalue weighted by Crippen LogP contribution is -2.08. The first-order chi connectivity index (χ1) is 9.22. The van der Waals surface area contributed by atoms with Crippen LogP contribution >= 0.6 is 0 Å². The van der Waals surface area contributed by atoms with Gasteiger partial charge >= 0.3 is 5.97 Å². The maximum absolute atomic E-state index is 11.9. The largest absolute Gasteiger partial charge is 0.497 e. The molecule has 0 amide bonds. The molecule has 2 aromatic carbocycles. The van der Waals surface area contributed by atoms with Gasteiger partial charge in [-0.3, -0.25) is 0 Å². The molecule has 0 saturated carbocycles. The number of rotatable bonds is 4. The van der Waals surface area contributed by atoms with E-state index in [0.29, 0.717) is 11.3 Å². The van der Waals surface area contributed by atoms with Gasteiger partial charge in [-0.2, -0.15) is 0 Å². The normalized spacial score (nSPS) is 10.0. The summed E-state index contributed by atoms with van der Waals surface area (Å²) in [5.41, 5.74) is 1.74. The second kappa shape index (κ2) is 6.05. The Morgan fingerprint density at radius 2 is 1.53 bits per heavy atom. The minimum Gasteiger partial charge on any atom is -0.497 e. The van der Waals surface area contributed by atoms with Crippen LogP contribution in [-0.4, -0.2) is 13.1 Å². The van der Waals surface area contributed by atoms with E-state index in [0.717, 1.165) is 12.2 Å². The first-order valence-corrected chi connectivity index (χ1v) is 6.18. The van der Waals surface area contributed by atoms with Crippen molar-refractivity contribution in [3.8, 4) is 11.5 Å². The van der Waals surface area contributed by atoms with E-state index >= 15 is 0 Å². The Morgan fingerprint density at radius 1 is 0.947 bits per heavy atom. The van der Waals surface area contributed by atoms with Crippen LogP contribution in [-0.2, 0) is 6.42 Å². The van der Waals surface area contributed by atoms with E-state index < -0.39 is 0 Å². The molecular formula is C16H16O3. The van der Waals surface area contributed by atoms with Gasteiger partial charge in [-0.25, -0.2) is 4.79 Å². The topological polar surface area (TPSA) is 35.5 Å². The molecule has 0 aliphatic carbocycles. The van der Waals surface area contributed by atoms with Crippen molar-refractivity contribution in [2.75, 3.05) is 7.11 Å². The van der Waals surface area contributed by atoms with Crippen molar-refractivity contribution in [2.45, 2.75) is 13.3 Å². The van der Waals surface area contributed by atoms with Gasteiger partial charge in [-0.1, -0.05) is 19.1 Å². The highest BCUT2D eigenvalue weighted by molar-refractivity contribution is 5.91. The van der Waals surface area contributed by atoms with E-state index in [-0.39, 0.29) is 5.97 Å². The molecule has 0 radical (unpaired) electrons. The summed E-state index contributed by atoms with van der Waals surface area (Å²) >= 11 is 0. The summed E-state index contributed by atoms with van der Waals surface area (Å²) in [6.07, 6.45) is 0.952. The minimum absolute atomic E-state index is 0.354. The van der Waals surface area contributed by atoms with Crippen molar-refractivity contribution in [3.05, 3.63) is 59.7 Å². The number of esters is 1. The first-order valence-electron chi connectivity index (χ1n) is 6.18. The summed E-state index contributed by atoms with van der Waals surface area (Å²) in [5.74, 6) is 0.880. The van der Waals surface area contributed by atoms with Gasteiger partial charge in [0, 0.05) is 0 Å². The molecule has 19 heavy (non-hydrogen) atoms. The molecule has 0 unspecified atom stereocenters. The summed E-state index contributed by atoms with van der Waals surface area (Å²) in [7, 11) is 1.59. The quantitative estimate of drug-likeness (QED) is 0.620. The number of hydrogen-bond acceptors (Lipinski definition) is 3. The third kappa shape index (κ3) is 3.35. The van der Waals surface area contributed by atoms with Gasteiger partial charge in [-0.05, 0) is 48.4 Å². The highest BCUT2D eigenvalue weighted by Crippen LogP contribution is 2.18. The van der Waals surface area contributed by atoms with Gasteiger partial charge in [0.1, 0.15) is 11.5 Å². The zero-order valence-electron chi connectivity index (χ0n) is 11.1. The van der Waals surface area contributed by atoms with Crippen molar-refractivity contribution in [2.24, 2.45) is 0 Å². The Kier molecular flexibility index (Phi) is 4.18. The zero-order chi connectivity index (χ0) is 13.7. The third-order valence-electron chi connectivity index (χ3n) is 2.87. The van der Waals surface area contributed by atoms with E-state index in [2.05, 4.69) is 6.92 Å². The molecule has 0 aliphatic rings. The number of benzene rings is 2. The van der Waals surface area contributed by atoms with Crippen molar-refractivity contribution >= 4 is 5.97 Å². The van der Waals surface area contributed by atoms with Gasteiger partial charge in [-0.15, -0.1) is 0 Å². The lowest BCUT2D eigenvalue weighted by molar-refractivity contribution is 0.0734. The second-order valence-corrected chi connectivity index (χ2v) is 4.12. The molecule has 98 valence electrons. The summed E-state index contributed by atoms with van der Waals surface area (Å²) < 4.78 is 10.3. The third-order valence-corrected chi connectivity index (χ3v) is 2.87. The van der Waals surface area contributed by atoms with Crippen LogP contribution < -0.4 is 9.47 Å². The van der Waals surface area contributed by atoms with E-state index in [1.165, 1.54) is 5.56 Å². The van der Waals surface area contributed by atoms with Crippen LogP contribution in [0.2, 0.25) is 0 Å². The molecule has 0 aliphatic heterocycles. The Hall–Kier alpha value is -2.29. The number of carbonyl (C=O) groups excluding carboxylic acids is 1. The van der Waals surface area contributed by atoms with Crippen LogP contribution in [0.5, 0.6) is 11.5 Å². The fourth-order valence-electron chi connectivity index (χ4n) is 1.69.